The van der Waals surface area contributed by atoms with E-state index in [1.54, 1.807) is 18.0 Å². The third kappa shape index (κ3) is 2.23. The first-order chi connectivity index (χ1) is 4.93. The van der Waals surface area contributed by atoms with Crippen LogP contribution in [0, 0.1) is 6.20 Å². The van der Waals surface area contributed by atoms with E-state index in [9.17, 15) is 0 Å². The molecule has 0 N–H and O–H groups in total. The largest absolute Gasteiger partial charge is 0.253 e. The SMILES string of the molecule is C=CCSc1[c]nccc1. The first-order valence-corrected chi connectivity index (χ1v) is 3.98. The number of aromatic nitrogens is 1. The molecule has 0 aliphatic heterocycles. The summed E-state index contributed by atoms with van der Waals surface area (Å²) >= 11 is 1.68. The number of hydrogen-bond acceptors (Lipinski definition) is 2. The minimum atomic E-state index is 0.919. The highest BCUT2D eigenvalue weighted by Crippen LogP contribution is 2.14. The van der Waals surface area contributed by atoms with E-state index in [4.69, 9.17) is 0 Å². The molecule has 0 bridgehead atoms. The summed E-state index contributed by atoms with van der Waals surface area (Å²) in [7, 11) is 0. The predicted molar refractivity (Wildman–Crippen MR) is 44.0 cm³/mol. The summed E-state index contributed by atoms with van der Waals surface area (Å²) in [5.41, 5.74) is 0. The number of hydrogen-bond donors (Lipinski definition) is 0. The molecule has 0 atom stereocenters. The topological polar surface area (TPSA) is 12.9 Å². The van der Waals surface area contributed by atoms with E-state index in [0.717, 1.165) is 10.6 Å². The number of pyridine rings is 1. The highest BCUT2D eigenvalue weighted by Gasteiger charge is 1.88. The van der Waals surface area contributed by atoms with Gasteiger partial charge in [0.25, 0.3) is 0 Å². The summed E-state index contributed by atoms with van der Waals surface area (Å²) in [4.78, 5) is 4.93. The van der Waals surface area contributed by atoms with Crippen molar-refractivity contribution in [3.63, 3.8) is 0 Å². The Morgan fingerprint density at radius 1 is 1.80 bits per heavy atom. The van der Waals surface area contributed by atoms with Gasteiger partial charge in [0, 0.05) is 16.8 Å². The fourth-order valence-electron chi connectivity index (χ4n) is 0.541. The molecule has 51 valence electrons. The van der Waals surface area contributed by atoms with Gasteiger partial charge < -0.3 is 0 Å². The standard InChI is InChI=1S/C8H8NS/c1-2-6-10-8-4-3-5-9-7-8/h2-5H,1,6H2. The fraction of sp³-hybridized carbons (Fsp3) is 0.125. The Morgan fingerprint density at radius 2 is 2.70 bits per heavy atom. The van der Waals surface area contributed by atoms with Gasteiger partial charge in [-0.25, -0.2) is 0 Å². The molecule has 0 unspecified atom stereocenters. The summed E-state index contributed by atoms with van der Waals surface area (Å²) in [5.74, 6) is 0.919. The smallest absolute Gasteiger partial charge is 0.103 e. The summed E-state index contributed by atoms with van der Waals surface area (Å²) in [6, 6.07) is 3.89. The van der Waals surface area contributed by atoms with Crippen LogP contribution in [-0.4, -0.2) is 10.7 Å². The molecule has 0 fully saturated rings. The third-order valence-corrected chi connectivity index (χ3v) is 1.88. The molecule has 0 saturated carbocycles. The van der Waals surface area contributed by atoms with Crippen molar-refractivity contribution in [2.45, 2.75) is 4.90 Å². The Kier molecular flexibility index (Phi) is 3.03. The van der Waals surface area contributed by atoms with Crippen LogP contribution < -0.4 is 0 Å². The molecule has 1 aromatic rings. The molecule has 1 nitrogen and oxygen atoms in total. The van der Waals surface area contributed by atoms with E-state index < -0.39 is 0 Å². The molecule has 0 aliphatic rings. The molecule has 1 radical (unpaired) electrons. The van der Waals surface area contributed by atoms with Crippen molar-refractivity contribution in [3.8, 4) is 0 Å². The van der Waals surface area contributed by atoms with Crippen LogP contribution in [0.4, 0.5) is 0 Å². The zero-order chi connectivity index (χ0) is 7.23. The fourth-order valence-corrected chi connectivity index (χ4v) is 1.13. The van der Waals surface area contributed by atoms with Crippen LogP contribution in [0.25, 0.3) is 0 Å². The molecule has 1 heterocycles. The van der Waals surface area contributed by atoms with Crippen LogP contribution in [-0.2, 0) is 0 Å². The first kappa shape index (κ1) is 7.35. The molecular weight excluding hydrogens is 142 g/mol. The third-order valence-electron chi connectivity index (χ3n) is 0.940. The maximum Gasteiger partial charge on any atom is 0.103 e. The molecular formula is C8H8NS. The molecule has 0 aliphatic carbocycles. The number of rotatable bonds is 3. The molecule has 0 saturated heterocycles. The van der Waals surface area contributed by atoms with Gasteiger partial charge in [-0.15, -0.1) is 18.3 Å². The second kappa shape index (κ2) is 4.12. The van der Waals surface area contributed by atoms with Gasteiger partial charge in [0.05, 0.1) is 0 Å². The van der Waals surface area contributed by atoms with Crippen LogP contribution in [0.2, 0.25) is 0 Å². The van der Waals surface area contributed by atoms with Crippen molar-refractivity contribution < 1.29 is 0 Å². The monoisotopic (exact) mass is 150 g/mol. The van der Waals surface area contributed by atoms with Gasteiger partial charge in [-0.3, -0.25) is 4.98 Å². The Labute approximate surface area is 65.2 Å². The summed E-state index contributed by atoms with van der Waals surface area (Å²) in [6.45, 7) is 3.62. The van der Waals surface area contributed by atoms with Crippen molar-refractivity contribution in [1.82, 2.24) is 4.98 Å². The average molecular weight is 150 g/mol. The lowest BCUT2D eigenvalue weighted by atomic mass is 10.5. The van der Waals surface area contributed by atoms with Crippen molar-refractivity contribution in [3.05, 3.63) is 37.2 Å². The molecule has 2 heteroatoms. The van der Waals surface area contributed by atoms with E-state index in [1.807, 2.05) is 18.2 Å². The minimum absolute atomic E-state index is 0.919. The lowest BCUT2D eigenvalue weighted by Gasteiger charge is -1.92. The second-order valence-corrected chi connectivity index (χ2v) is 2.77. The predicted octanol–water partition coefficient (Wildman–Crippen LogP) is 2.16. The highest BCUT2D eigenvalue weighted by atomic mass is 32.2. The summed E-state index contributed by atoms with van der Waals surface area (Å²) in [5, 5.41) is 0. The normalized spacial score (nSPS) is 9.20. The second-order valence-electron chi connectivity index (χ2n) is 1.71. The van der Waals surface area contributed by atoms with Crippen LogP contribution in [0.15, 0.2) is 35.9 Å². The minimum Gasteiger partial charge on any atom is -0.253 e. The average Bonchev–Trinajstić information content (AvgIpc) is 2.03. The maximum absolute atomic E-state index is 3.86. The molecule has 10 heavy (non-hydrogen) atoms. The first-order valence-electron chi connectivity index (χ1n) is 3.00. The van der Waals surface area contributed by atoms with Gasteiger partial charge in [0.2, 0.25) is 0 Å². The van der Waals surface area contributed by atoms with Crippen LogP contribution in [0.5, 0.6) is 0 Å². The Hall–Kier alpha value is -0.760. The lowest BCUT2D eigenvalue weighted by Crippen LogP contribution is -1.74. The molecule has 0 spiro atoms. The maximum atomic E-state index is 3.86. The molecule has 0 aromatic carbocycles. The van der Waals surface area contributed by atoms with Gasteiger partial charge in [0.1, 0.15) is 6.20 Å². The van der Waals surface area contributed by atoms with Gasteiger partial charge in [-0.2, -0.15) is 0 Å². The van der Waals surface area contributed by atoms with Crippen molar-refractivity contribution in [2.75, 3.05) is 5.75 Å². The van der Waals surface area contributed by atoms with Crippen molar-refractivity contribution >= 4 is 11.8 Å². The van der Waals surface area contributed by atoms with E-state index in [2.05, 4.69) is 17.8 Å². The quantitative estimate of drug-likeness (QED) is 0.483. The molecule has 1 rings (SSSR count). The van der Waals surface area contributed by atoms with Crippen molar-refractivity contribution in [1.29, 1.82) is 0 Å². The van der Waals surface area contributed by atoms with Crippen LogP contribution in [0.3, 0.4) is 0 Å². The Morgan fingerprint density at radius 3 is 3.30 bits per heavy atom. The van der Waals surface area contributed by atoms with E-state index >= 15 is 0 Å². The zero-order valence-corrected chi connectivity index (χ0v) is 6.40. The molecule has 1 aromatic heterocycles. The summed E-state index contributed by atoms with van der Waals surface area (Å²) < 4.78 is 0. The van der Waals surface area contributed by atoms with E-state index in [0.29, 0.717) is 0 Å². The zero-order valence-electron chi connectivity index (χ0n) is 5.58. The van der Waals surface area contributed by atoms with Crippen molar-refractivity contribution in [2.24, 2.45) is 0 Å². The highest BCUT2D eigenvalue weighted by molar-refractivity contribution is 7.99. The van der Waals surface area contributed by atoms with Gasteiger partial charge in [-0.05, 0) is 12.1 Å². The molecule has 0 amide bonds. The van der Waals surface area contributed by atoms with Crippen LogP contribution >= 0.6 is 11.8 Å². The van der Waals surface area contributed by atoms with Crippen LogP contribution in [0.1, 0.15) is 0 Å². The Bertz CT molecular complexity index is 196. The van der Waals surface area contributed by atoms with Gasteiger partial charge >= 0.3 is 0 Å². The van der Waals surface area contributed by atoms with Gasteiger partial charge in [0.15, 0.2) is 0 Å². The number of thioether (sulfide) groups is 1. The van der Waals surface area contributed by atoms with E-state index in [1.165, 1.54) is 0 Å². The Balaban J connectivity index is 2.50. The summed E-state index contributed by atoms with van der Waals surface area (Å²) in [6.07, 6.45) is 6.46. The lowest BCUT2D eigenvalue weighted by molar-refractivity contribution is 1.22. The van der Waals surface area contributed by atoms with Gasteiger partial charge in [-0.1, -0.05) is 6.08 Å². The number of nitrogens with zero attached hydrogens (tertiary/aromatic N) is 1. The van der Waals surface area contributed by atoms with E-state index in [-0.39, 0.29) is 0 Å².